The third-order valence-electron chi connectivity index (χ3n) is 8.82. The number of aliphatic hydroxyl groups excluding tert-OH is 1. The highest BCUT2D eigenvalue weighted by Gasteiger charge is 2.81. The molecule has 1 fully saturated rings. The first-order chi connectivity index (χ1) is 26.6. The molecule has 0 amide bonds. The first-order valence-corrected chi connectivity index (χ1v) is 17.5. The summed E-state index contributed by atoms with van der Waals surface area (Å²) in [5.41, 5.74) is 2.55. The van der Waals surface area contributed by atoms with Crippen LogP contribution >= 0.6 is 0 Å². The zero-order valence-electron chi connectivity index (χ0n) is 29.6. The Morgan fingerprint density at radius 2 is 0.982 bits per heavy atom. The molecular formula is C40H39F9O7. The molecule has 0 radical (unpaired) electrons. The highest BCUT2D eigenvalue weighted by Crippen LogP contribution is 2.54. The molecule has 0 unspecified atom stereocenters. The van der Waals surface area contributed by atoms with Gasteiger partial charge in [0.15, 0.2) is 0 Å². The maximum Gasteiger partial charge on any atom is 0.460 e. The van der Waals surface area contributed by atoms with Gasteiger partial charge in [-0.25, -0.2) is 0 Å². The van der Waals surface area contributed by atoms with Crippen molar-refractivity contribution in [3.8, 4) is 11.5 Å². The van der Waals surface area contributed by atoms with Gasteiger partial charge in [0, 0.05) is 6.42 Å². The Balaban J connectivity index is 1.30. The van der Waals surface area contributed by atoms with Crippen molar-refractivity contribution >= 4 is 0 Å². The number of benzene rings is 4. The second-order valence-corrected chi connectivity index (χ2v) is 12.9. The van der Waals surface area contributed by atoms with Crippen LogP contribution in [0.2, 0.25) is 0 Å². The van der Waals surface area contributed by atoms with E-state index < -0.39 is 80.7 Å². The van der Waals surface area contributed by atoms with E-state index in [1.54, 1.807) is 0 Å². The van der Waals surface area contributed by atoms with Gasteiger partial charge in [0.2, 0.25) is 6.29 Å². The van der Waals surface area contributed by atoms with E-state index in [0.29, 0.717) is 0 Å². The van der Waals surface area contributed by atoms with Gasteiger partial charge < -0.3 is 33.5 Å². The third kappa shape index (κ3) is 10.5. The van der Waals surface area contributed by atoms with Gasteiger partial charge in [-0.1, -0.05) is 91.0 Å². The molecule has 5 atom stereocenters. The summed E-state index contributed by atoms with van der Waals surface area (Å²) < 4.78 is 156. The van der Waals surface area contributed by atoms with E-state index in [1.165, 1.54) is 24.3 Å². The van der Waals surface area contributed by atoms with Crippen molar-refractivity contribution in [2.24, 2.45) is 0 Å². The summed E-state index contributed by atoms with van der Waals surface area (Å²) in [6, 6.07) is 33.4. The number of rotatable bonds is 19. The Hall–Kier alpha value is -4.35. The number of halogens is 9. The molecule has 5 rings (SSSR count). The maximum atomic E-state index is 13.9. The van der Waals surface area contributed by atoms with Crippen LogP contribution in [0.5, 0.6) is 11.5 Å². The van der Waals surface area contributed by atoms with Crippen LogP contribution in [0.1, 0.15) is 29.5 Å². The lowest BCUT2D eigenvalue weighted by atomic mass is 9.97. The van der Waals surface area contributed by atoms with E-state index in [4.69, 9.17) is 28.4 Å². The van der Waals surface area contributed by atoms with Crippen LogP contribution in [0, 0.1) is 0 Å². The number of hydrogen-bond donors (Lipinski definition) is 1. The number of ether oxygens (including phenoxy) is 6. The second-order valence-electron chi connectivity index (χ2n) is 12.9. The molecule has 0 saturated carbocycles. The van der Waals surface area contributed by atoms with Gasteiger partial charge in [0.25, 0.3) is 0 Å². The quantitative estimate of drug-likeness (QED) is 0.0749. The lowest BCUT2D eigenvalue weighted by Gasteiger charge is -2.45. The van der Waals surface area contributed by atoms with Crippen LogP contribution in [0.25, 0.3) is 0 Å². The molecule has 304 valence electrons. The monoisotopic (exact) mass is 802 g/mol. The van der Waals surface area contributed by atoms with Gasteiger partial charge in [-0.15, -0.1) is 0 Å². The summed E-state index contributed by atoms with van der Waals surface area (Å²) in [6.45, 7) is -0.780. The van der Waals surface area contributed by atoms with Crippen molar-refractivity contribution in [1.82, 2.24) is 0 Å². The Labute approximate surface area is 316 Å². The normalized spacial score (nSPS) is 20.8. The molecule has 0 bridgehead atoms. The molecule has 4 aromatic rings. The minimum absolute atomic E-state index is 0.0150. The van der Waals surface area contributed by atoms with Crippen LogP contribution < -0.4 is 9.47 Å². The molecule has 1 saturated heterocycles. The molecular weight excluding hydrogens is 763 g/mol. The van der Waals surface area contributed by atoms with Crippen LogP contribution in [0.3, 0.4) is 0 Å². The van der Waals surface area contributed by atoms with Crippen molar-refractivity contribution in [1.29, 1.82) is 0 Å². The fourth-order valence-corrected chi connectivity index (χ4v) is 5.79. The van der Waals surface area contributed by atoms with Crippen molar-refractivity contribution < 1.29 is 73.0 Å². The fourth-order valence-electron chi connectivity index (χ4n) is 5.79. The van der Waals surface area contributed by atoms with Crippen LogP contribution in [-0.4, -0.2) is 73.0 Å². The summed E-state index contributed by atoms with van der Waals surface area (Å²) in [5.74, 6) is -19.1. The van der Waals surface area contributed by atoms with Crippen molar-refractivity contribution in [2.75, 3.05) is 13.2 Å². The predicted molar refractivity (Wildman–Crippen MR) is 183 cm³/mol. The Bertz CT molecular complexity index is 1750. The van der Waals surface area contributed by atoms with E-state index in [1.807, 2.05) is 91.0 Å². The molecule has 0 aromatic heterocycles. The molecule has 16 heteroatoms. The minimum Gasteiger partial charge on any atom is -0.494 e. The smallest absolute Gasteiger partial charge is 0.460 e. The van der Waals surface area contributed by atoms with E-state index in [2.05, 4.69) is 0 Å². The summed E-state index contributed by atoms with van der Waals surface area (Å²) in [6.07, 6.45) is -14.7. The summed E-state index contributed by atoms with van der Waals surface area (Å²) >= 11 is 0. The van der Waals surface area contributed by atoms with E-state index >= 15 is 0 Å². The Morgan fingerprint density at radius 3 is 1.45 bits per heavy atom. The van der Waals surface area contributed by atoms with Gasteiger partial charge in [-0.05, 0) is 47.4 Å². The average molecular weight is 803 g/mol. The van der Waals surface area contributed by atoms with Crippen LogP contribution in [0.4, 0.5) is 39.5 Å². The maximum absolute atomic E-state index is 13.9. The summed E-state index contributed by atoms with van der Waals surface area (Å²) in [5, 5.41) is 10.5. The zero-order chi connectivity index (χ0) is 40.4. The van der Waals surface area contributed by atoms with E-state index in [9.17, 15) is 44.6 Å². The average Bonchev–Trinajstić information content (AvgIpc) is 3.18. The summed E-state index contributed by atoms with van der Waals surface area (Å²) in [7, 11) is 0. The molecule has 0 aliphatic carbocycles. The highest BCUT2D eigenvalue weighted by molar-refractivity contribution is 5.31. The minimum atomic E-state index is -6.95. The Kier molecular flexibility index (Phi) is 14.3. The molecule has 1 N–H and O–H groups in total. The molecule has 4 aromatic carbocycles. The standard InChI is InChI=1S/C40H39F9O7/c41-37(42,38(43,44)39(45,46)40(47,48)49)21-10-22-51-30-17-19-31(20-18-30)55-36-35(54-26-29-15-8-3-9-16-29)34(53-25-28-13-6-2-7-14-28)33(32(23-50)56-36)52-24-27-11-4-1-5-12-27/h1-9,11-20,32-36,50H,10,21-26H2/t32-,33-,34+,35+,36+/m1/s1. The van der Waals surface area contributed by atoms with Crippen molar-refractivity contribution in [2.45, 2.75) is 87.3 Å². The topological polar surface area (TPSA) is 75.6 Å². The van der Waals surface area contributed by atoms with Crippen molar-refractivity contribution in [3.05, 3.63) is 132 Å². The molecule has 56 heavy (non-hydrogen) atoms. The predicted octanol–water partition coefficient (Wildman–Crippen LogP) is 9.17. The van der Waals surface area contributed by atoms with Gasteiger partial charge in [-0.3, -0.25) is 0 Å². The fraction of sp³-hybridized carbons (Fsp3) is 0.400. The Morgan fingerprint density at radius 1 is 0.536 bits per heavy atom. The highest BCUT2D eigenvalue weighted by atomic mass is 19.4. The third-order valence-corrected chi connectivity index (χ3v) is 8.82. The van der Waals surface area contributed by atoms with Gasteiger partial charge in [0.1, 0.15) is 35.9 Å². The first-order valence-electron chi connectivity index (χ1n) is 17.5. The van der Waals surface area contributed by atoms with Gasteiger partial charge >= 0.3 is 23.9 Å². The zero-order valence-corrected chi connectivity index (χ0v) is 29.6. The lowest BCUT2D eigenvalue weighted by molar-refractivity contribution is -0.396. The lowest BCUT2D eigenvalue weighted by Crippen LogP contribution is -2.62. The number of aliphatic hydroxyl groups is 1. The largest absolute Gasteiger partial charge is 0.494 e. The number of hydrogen-bond acceptors (Lipinski definition) is 7. The summed E-state index contributed by atoms with van der Waals surface area (Å²) in [4.78, 5) is 0. The first kappa shape index (κ1) is 42.8. The van der Waals surface area contributed by atoms with E-state index in [-0.39, 0.29) is 31.3 Å². The molecule has 1 aliphatic heterocycles. The molecule has 7 nitrogen and oxygen atoms in total. The molecule has 1 heterocycles. The second kappa shape index (κ2) is 18.7. The van der Waals surface area contributed by atoms with Crippen molar-refractivity contribution in [3.63, 3.8) is 0 Å². The van der Waals surface area contributed by atoms with Crippen LogP contribution in [-0.2, 0) is 38.8 Å². The van der Waals surface area contributed by atoms with Gasteiger partial charge in [-0.2, -0.15) is 39.5 Å². The molecule has 0 spiro atoms. The van der Waals surface area contributed by atoms with E-state index in [0.717, 1.165) is 16.7 Å². The number of alkyl halides is 9. The van der Waals surface area contributed by atoms with Crippen LogP contribution in [0.15, 0.2) is 115 Å². The van der Waals surface area contributed by atoms with Gasteiger partial charge in [0.05, 0.1) is 33.0 Å². The molecule has 1 aliphatic rings. The SMILES string of the molecule is OC[C@H]1O[C@H](Oc2ccc(OCCCC(F)(F)C(F)(F)C(F)(F)C(F)(F)F)cc2)[C@@H](OCc2ccccc2)[C@@H](OCc2ccccc2)[C@@H]1OCc1ccccc1.